The van der Waals surface area contributed by atoms with Crippen molar-refractivity contribution in [2.45, 2.75) is 0 Å². The molecule has 9 heteroatoms. The molecule has 2 rings (SSSR count). The minimum atomic E-state index is -1.09. The van der Waals surface area contributed by atoms with Crippen LogP contribution >= 0.6 is 27.3 Å². The maximum absolute atomic E-state index is 10.8. The lowest BCUT2D eigenvalue weighted by molar-refractivity contribution is -0.380. The van der Waals surface area contributed by atoms with E-state index in [0.29, 0.717) is 4.47 Å². The molecule has 0 fully saturated rings. The third-order valence-electron chi connectivity index (χ3n) is 2.03. The van der Waals surface area contributed by atoms with Crippen molar-refractivity contribution in [1.82, 2.24) is 4.98 Å². The smallest absolute Gasteiger partial charge is 0.347 e. The standard InChI is InChI=1S/C10H5BrN2O5S/c11-6-2-1-5(9(14)15)3-7(6)18-10-12-4-8(19-10)13(16)17/h1-4H,(H,14,15). The average molecular weight is 345 g/mol. The second kappa shape index (κ2) is 5.33. The average Bonchev–Trinajstić information content (AvgIpc) is 2.80. The molecule has 1 N–H and O–H groups in total. The highest BCUT2D eigenvalue weighted by atomic mass is 79.9. The number of hydrogen-bond acceptors (Lipinski definition) is 6. The van der Waals surface area contributed by atoms with Crippen LogP contribution in [-0.4, -0.2) is 21.0 Å². The molecule has 0 aliphatic carbocycles. The minimum absolute atomic E-state index is 0.0456. The van der Waals surface area contributed by atoms with E-state index in [1.807, 2.05) is 0 Å². The number of ether oxygens (including phenoxy) is 1. The predicted molar refractivity (Wildman–Crippen MR) is 69.9 cm³/mol. The van der Waals surface area contributed by atoms with E-state index in [1.165, 1.54) is 18.2 Å². The van der Waals surface area contributed by atoms with Crippen LogP contribution in [0.5, 0.6) is 10.9 Å². The van der Waals surface area contributed by atoms with Crippen molar-refractivity contribution in [2.24, 2.45) is 0 Å². The Balaban J connectivity index is 2.29. The Hall–Kier alpha value is -2.00. The van der Waals surface area contributed by atoms with E-state index in [0.717, 1.165) is 17.5 Å². The first-order valence-electron chi connectivity index (χ1n) is 4.78. The number of aromatic carboxylic acids is 1. The monoisotopic (exact) mass is 344 g/mol. The molecule has 1 aromatic carbocycles. The van der Waals surface area contributed by atoms with Gasteiger partial charge in [0.1, 0.15) is 11.9 Å². The summed E-state index contributed by atoms with van der Waals surface area (Å²) >= 11 is 3.96. The van der Waals surface area contributed by atoms with Crippen molar-refractivity contribution in [3.63, 3.8) is 0 Å². The fourth-order valence-corrected chi connectivity index (χ4v) is 2.11. The van der Waals surface area contributed by atoms with Crippen molar-refractivity contribution in [3.8, 4) is 10.9 Å². The number of nitrogens with zero attached hydrogens (tertiary/aromatic N) is 2. The Bertz CT molecular complexity index is 657. The summed E-state index contributed by atoms with van der Waals surface area (Å²) in [4.78, 5) is 24.5. The fourth-order valence-electron chi connectivity index (χ4n) is 1.19. The zero-order valence-electron chi connectivity index (χ0n) is 9.07. The molecule has 0 unspecified atom stereocenters. The highest BCUT2D eigenvalue weighted by Crippen LogP contribution is 2.34. The van der Waals surface area contributed by atoms with Gasteiger partial charge < -0.3 is 9.84 Å². The Morgan fingerprint density at radius 1 is 1.53 bits per heavy atom. The number of hydrogen-bond donors (Lipinski definition) is 1. The molecule has 98 valence electrons. The molecule has 0 saturated carbocycles. The molecule has 1 heterocycles. The number of carboxylic acid groups (broad SMARTS) is 1. The summed E-state index contributed by atoms with van der Waals surface area (Å²) in [6.07, 6.45) is 1.08. The minimum Gasteiger partial charge on any atom is -0.478 e. The third-order valence-corrected chi connectivity index (χ3v) is 3.51. The van der Waals surface area contributed by atoms with E-state index < -0.39 is 10.9 Å². The van der Waals surface area contributed by atoms with Gasteiger partial charge >= 0.3 is 11.0 Å². The molecule has 19 heavy (non-hydrogen) atoms. The van der Waals surface area contributed by atoms with E-state index in [-0.39, 0.29) is 21.5 Å². The predicted octanol–water partition coefficient (Wildman–Crippen LogP) is 3.30. The molecule has 0 aliphatic heterocycles. The van der Waals surface area contributed by atoms with Crippen molar-refractivity contribution in [1.29, 1.82) is 0 Å². The van der Waals surface area contributed by atoms with Crippen molar-refractivity contribution >= 4 is 38.2 Å². The molecule has 7 nitrogen and oxygen atoms in total. The third kappa shape index (κ3) is 3.06. The lowest BCUT2D eigenvalue weighted by Gasteiger charge is -2.05. The first kappa shape index (κ1) is 13.4. The number of halogens is 1. The molecular weight excluding hydrogens is 340 g/mol. The molecule has 1 aromatic heterocycles. The summed E-state index contributed by atoms with van der Waals surface area (Å²) < 4.78 is 5.85. The van der Waals surface area contributed by atoms with E-state index in [2.05, 4.69) is 20.9 Å². The van der Waals surface area contributed by atoms with Gasteiger partial charge in [-0.15, -0.1) is 0 Å². The summed E-state index contributed by atoms with van der Waals surface area (Å²) in [6, 6.07) is 4.23. The van der Waals surface area contributed by atoms with E-state index in [4.69, 9.17) is 9.84 Å². The van der Waals surface area contributed by atoms with Gasteiger partial charge in [-0.1, -0.05) is 0 Å². The second-order valence-corrected chi connectivity index (χ2v) is 5.10. The Kier molecular flexibility index (Phi) is 3.76. The van der Waals surface area contributed by atoms with Crippen LogP contribution in [0.4, 0.5) is 5.00 Å². The maximum Gasteiger partial charge on any atom is 0.347 e. The molecule has 2 aromatic rings. The number of benzene rings is 1. The zero-order chi connectivity index (χ0) is 14.0. The van der Waals surface area contributed by atoms with Crippen molar-refractivity contribution in [3.05, 3.63) is 44.5 Å². The number of rotatable bonds is 4. The summed E-state index contributed by atoms with van der Waals surface area (Å²) in [7, 11) is 0. The Morgan fingerprint density at radius 3 is 2.84 bits per heavy atom. The summed E-state index contributed by atoms with van der Waals surface area (Å²) in [5.41, 5.74) is 0.0456. The van der Waals surface area contributed by atoms with Gasteiger partial charge in [-0.3, -0.25) is 10.1 Å². The van der Waals surface area contributed by atoms with Gasteiger partial charge in [-0.25, -0.2) is 9.78 Å². The number of thiazole rings is 1. The van der Waals surface area contributed by atoms with Gasteiger partial charge in [0.2, 0.25) is 0 Å². The van der Waals surface area contributed by atoms with Crippen molar-refractivity contribution in [2.75, 3.05) is 0 Å². The molecule has 0 spiro atoms. The maximum atomic E-state index is 10.8. The van der Waals surface area contributed by atoms with Crippen LogP contribution in [0.25, 0.3) is 0 Å². The van der Waals surface area contributed by atoms with E-state index in [1.54, 1.807) is 0 Å². The molecular formula is C10H5BrN2O5S. The Labute approximate surface area is 118 Å². The molecule has 0 radical (unpaired) electrons. The lowest BCUT2D eigenvalue weighted by Crippen LogP contribution is -1.96. The van der Waals surface area contributed by atoms with Crippen LogP contribution in [0.3, 0.4) is 0 Å². The largest absolute Gasteiger partial charge is 0.478 e. The number of carboxylic acids is 1. The topological polar surface area (TPSA) is 103 Å². The molecule has 0 amide bonds. The van der Waals surface area contributed by atoms with Crippen molar-refractivity contribution < 1.29 is 19.6 Å². The van der Waals surface area contributed by atoms with Crippen LogP contribution in [-0.2, 0) is 0 Å². The fraction of sp³-hybridized carbons (Fsp3) is 0. The zero-order valence-corrected chi connectivity index (χ0v) is 11.5. The number of aromatic nitrogens is 1. The lowest BCUT2D eigenvalue weighted by atomic mass is 10.2. The van der Waals surface area contributed by atoms with E-state index in [9.17, 15) is 14.9 Å². The highest BCUT2D eigenvalue weighted by Gasteiger charge is 2.15. The molecule has 0 aliphatic rings. The molecule has 0 bridgehead atoms. The van der Waals surface area contributed by atoms with E-state index >= 15 is 0 Å². The van der Waals surface area contributed by atoms with Crippen LogP contribution in [0.15, 0.2) is 28.9 Å². The summed E-state index contributed by atoms with van der Waals surface area (Å²) in [6.45, 7) is 0. The first-order valence-corrected chi connectivity index (χ1v) is 6.39. The SMILES string of the molecule is O=C(O)c1ccc(Br)c(Oc2ncc([N+](=O)[O-])s2)c1. The van der Waals surface area contributed by atoms with Gasteiger partial charge in [-0.05, 0) is 45.5 Å². The number of nitro groups is 1. The van der Waals surface area contributed by atoms with Gasteiger partial charge in [0.25, 0.3) is 5.19 Å². The van der Waals surface area contributed by atoms with Crippen LogP contribution in [0, 0.1) is 10.1 Å². The van der Waals surface area contributed by atoms with Gasteiger partial charge in [0, 0.05) is 0 Å². The first-order chi connectivity index (χ1) is 8.97. The Morgan fingerprint density at radius 2 is 2.26 bits per heavy atom. The molecule has 0 atom stereocenters. The second-order valence-electron chi connectivity index (χ2n) is 3.27. The quantitative estimate of drug-likeness (QED) is 0.674. The normalized spacial score (nSPS) is 10.2. The summed E-state index contributed by atoms with van der Waals surface area (Å²) in [5, 5.41) is 19.3. The summed E-state index contributed by atoms with van der Waals surface area (Å²) in [5.74, 6) is -0.869. The van der Waals surface area contributed by atoms with Gasteiger partial charge in [0.05, 0.1) is 15.0 Å². The van der Waals surface area contributed by atoms with Crippen LogP contribution < -0.4 is 4.74 Å². The highest BCUT2D eigenvalue weighted by molar-refractivity contribution is 9.10. The van der Waals surface area contributed by atoms with Crippen LogP contribution in [0.2, 0.25) is 0 Å². The van der Waals surface area contributed by atoms with Crippen LogP contribution in [0.1, 0.15) is 10.4 Å². The number of carbonyl (C=O) groups is 1. The van der Waals surface area contributed by atoms with Gasteiger partial charge in [0.15, 0.2) is 0 Å². The van der Waals surface area contributed by atoms with Gasteiger partial charge in [-0.2, -0.15) is 0 Å². The molecule has 0 saturated heterocycles.